The van der Waals surface area contributed by atoms with Gasteiger partial charge in [0, 0.05) is 41.1 Å². The molecule has 0 saturated carbocycles. The lowest BCUT2D eigenvalue weighted by molar-refractivity contribution is -0.144. The van der Waals surface area contributed by atoms with Crippen molar-refractivity contribution in [1.29, 1.82) is 0 Å². The monoisotopic (exact) mass is 447 g/mol. The van der Waals surface area contributed by atoms with E-state index < -0.39 is 5.60 Å². The summed E-state index contributed by atoms with van der Waals surface area (Å²) in [6.45, 7) is 0.980. The van der Waals surface area contributed by atoms with Crippen LogP contribution in [-0.2, 0) is 24.7 Å². The summed E-state index contributed by atoms with van der Waals surface area (Å²) in [5, 5.41) is 12.4. The van der Waals surface area contributed by atoms with Crippen LogP contribution in [0, 0.1) is 0 Å². The summed E-state index contributed by atoms with van der Waals surface area (Å²) in [5.41, 5.74) is 3.60. The molecule has 32 heavy (non-hydrogen) atoms. The van der Waals surface area contributed by atoms with E-state index in [0.717, 1.165) is 48.0 Å². The quantitative estimate of drug-likeness (QED) is 0.508. The van der Waals surface area contributed by atoms with E-state index in [1.165, 1.54) is 21.7 Å². The molecule has 1 aromatic carbocycles. The Morgan fingerprint density at radius 3 is 3.00 bits per heavy atom. The molecule has 0 amide bonds. The maximum atomic E-state index is 12.4. The van der Waals surface area contributed by atoms with E-state index in [1.54, 1.807) is 24.7 Å². The molecule has 6 nitrogen and oxygen atoms in total. The SMILES string of the molecule is COc1ccc2c(c1)[C@]13CCN(C)[C@H](C2)[C@]1(O)Cc1sc2nc(-c4ccco4)cn2c1C3. The van der Waals surface area contributed by atoms with Gasteiger partial charge in [0.1, 0.15) is 11.4 Å². The van der Waals surface area contributed by atoms with Crippen LogP contribution >= 0.6 is 11.3 Å². The van der Waals surface area contributed by atoms with E-state index in [1.807, 2.05) is 12.1 Å². The molecule has 1 N–H and O–H groups in total. The Balaban J connectivity index is 1.44. The second-order valence-electron chi connectivity index (χ2n) is 9.56. The van der Waals surface area contributed by atoms with Crippen LogP contribution in [0.2, 0.25) is 0 Å². The second kappa shape index (κ2) is 6.25. The highest BCUT2D eigenvalue weighted by Gasteiger charge is 2.64. The number of ether oxygens (including phenoxy) is 1. The van der Waals surface area contributed by atoms with Crippen molar-refractivity contribution >= 4 is 16.3 Å². The van der Waals surface area contributed by atoms with Crippen LogP contribution in [0.4, 0.5) is 0 Å². The molecule has 3 atom stereocenters. The first-order valence-corrected chi connectivity index (χ1v) is 12.0. The van der Waals surface area contributed by atoms with Gasteiger partial charge in [-0.05, 0) is 61.8 Å². The Kier molecular flexibility index (Phi) is 3.69. The number of likely N-dealkylation sites (N-methyl/N-ethyl adjacent to an activating group) is 1. The fourth-order valence-electron chi connectivity index (χ4n) is 6.58. The van der Waals surface area contributed by atoms with Crippen molar-refractivity contribution in [2.75, 3.05) is 20.7 Å². The lowest BCUT2D eigenvalue weighted by Crippen LogP contribution is -2.73. The van der Waals surface area contributed by atoms with Gasteiger partial charge in [-0.1, -0.05) is 6.07 Å². The van der Waals surface area contributed by atoms with Crippen molar-refractivity contribution in [3.8, 4) is 17.2 Å². The smallest absolute Gasteiger partial charge is 0.194 e. The van der Waals surface area contributed by atoms with E-state index in [-0.39, 0.29) is 11.5 Å². The van der Waals surface area contributed by atoms with Gasteiger partial charge in [-0.15, -0.1) is 11.3 Å². The van der Waals surface area contributed by atoms with Gasteiger partial charge in [0.2, 0.25) is 0 Å². The summed E-state index contributed by atoms with van der Waals surface area (Å²) in [6, 6.07) is 10.4. The minimum Gasteiger partial charge on any atom is -0.497 e. The Bertz CT molecular complexity index is 1360. The summed E-state index contributed by atoms with van der Waals surface area (Å²) in [6.07, 6.45) is 7.03. The number of nitrogens with zero attached hydrogens (tertiary/aromatic N) is 3. The first kappa shape index (κ1) is 18.9. The van der Waals surface area contributed by atoms with Crippen LogP contribution in [0.3, 0.4) is 0 Å². The van der Waals surface area contributed by atoms with Crippen molar-refractivity contribution in [3.05, 3.63) is 64.5 Å². The molecule has 7 heteroatoms. The molecule has 1 fully saturated rings. The van der Waals surface area contributed by atoms with Gasteiger partial charge in [0.05, 0.1) is 19.0 Å². The highest BCUT2D eigenvalue weighted by atomic mass is 32.1. The van der Waals surface area contributed by atoms with E-state index >= 15 is 0 Å². The molecule has 3 aromatic heterocycles. The van der Waals surface area contributed by atoms with E-state index in [2.05, 4.69) is 40.7 Å². The van der Waals surface area contributed by atoms with Crippen molar-refractivity contribution in [2.24, 2.45) is 0 Å². The third-order valence-corrected chi connectivity index (χ3v) is 9.32. The minimum absolute atomic E-state index is 0.110. The number of methoxy groups -OCH3 is 1. The number of thiazole rings is 1. The van der Waals surface area contributed by atoms with Crippen LogP contribution in [0.5, 0.6) is 5.75 Å². The number of imidazole rings is 1. The summed E-state index contributed by atoms with van der Waals surface area (Å²) in [5.74, 6) is 1.65. The number of rotatable bonds is 2. The highest BCUT2D eigenvalue weighted by Crippen LogP contribution is 2.58. The van der Waals surface area contributed by atoms with Gasteiger partial charge >= 0.3 is 0 Å². The summed E-state index contributed by atoms with van der Waals surface area (Å²) in [7, 11) is 3.88. The fraction of sp³-hybridized carbons (Fsp3) is 0.400. The first-order chi connectivity index (χ1) is 15.5. The normalized spacial score (nSPS) is 28.9. The van der Waals surface area contributed by atoms with Gasteiger partial charge in [-0.3, -0.25) is 4.40 Å². The van der Waals surface area contributed by atoms with Crippen LogP contribution in [-0.4, -0.2) is 51.7 Å². The highest BCUT2D eigenvalue weighted by molar-refractivity contribution is 7.17. The molecule has 2 bridgehead atoms. The zero-order valence-electron chi connectivity index (χ0n) is 18.2. The first-order valence-electron chi connectivity index (χ1n) is 11.2. The molecular weight excluding hydrogens is 422 g/mol. The molecule has 164 valence electrons. The Morgan fingerprint density at radius 1 is 1.28 bits per heavy atom. The lowest BCUT2D eigenvalue weighted by atomic mass is 9.50. The van der Waals surface area contributed by atoms with E-state index in [4.69, 9.17) is 14.1 Å². The number of aromatic nitrogens is 2. The standard InChI is InChI=1S/C25H25N3O3S/c1-27-8-7-24-12-19-21(32-23-26-18(14-28(19)23)20-4-3-9-31-20)13-25(24,29)22(27)10-15-5-6-16(30-2)11-17(15)24/h3-6,9,11,14,22,29H,7-8,10,12-13H2,1-2H3/t22-,24-,25-/m1/s1. The lowest BCUT2D eigenvalue weighted by Gasteiger charge is -2.62. The van der Waals surface area contributed by atoms with Crippen LogP contribution in [0.1, 0.15) is 28.1 Å². The summed E-state index contributed by atoms with van der Waals surface area (Å²) >= 11 is 1.70. The molecule has 1 saturated heterocycles. The van der Waals surface area contributed by atoms with Gasteiger partial charge in [-0.25, -0.2) is 4.98 Å². The predicted octanol–water partition coefficient (Wildman–Crippen LogP) is 3.69. The molecule has 4 heterocycles. The molecular formula is C25H25N3O3S. The molecule has 0 spiro atoms. The zero-order valence-corrected chi connectivity index (χ0v) is 19.0. The topological polar surface area (TPSA) is 63.1 Å². The van der Waals surface area contributed by atoms with E-state index in [9.17, 15) is 5.11 Å². The molecule has 2 aliphatic carbocycles. The maximum Gasteiger partial charge on any atom is 0.194 e. The third kappa shape index (κ3) is 2.23. The number of hydrogen-bond acceptors (Lipinski definition) is 6. The number of benzene rings is 1. The minimum atomic E-state index is -0.806. The Hall–Kier alpha value is -2.61. The van der Waals surface area contributed by atoms with Crippen molar-refractivity contribution in [2.45, 2.75) is 42.7 Å². The Labute approximate surface area is 190 Å². The third-order valence-electron chi connectivity index (χ3n) is 8.22. The largest absolute Gasteiger partial charge is 0.497 e. The van der Waals surface area contributed by atoms with Gasteiger partial charge < -0.3 is 19.2 Å². The number of fused-ring (bicyclic) bond motifs is 4. The second-order valence-corrected chi connectivity index (χ2v) is 10.6. The van der Waals surface area contributed by atoms with Gasteiger partial charge in [0.25, 0.3) is 0 Å². The van der Waals surface area contributed by atoms with E-state index in [0.29, 0.717) is 6.42 Å². The summed E-state index contributed by atoms with van der Waals surface area (Å²) in [4.78, 5) is 9.43. The predicted molar refractivity (Wildman–Crippen MR) is 123 cm³/mol. The molecule has 4 aromatic rings. The van der Waals surface area contributed by atoms with Crippen LogP contribution < -0.4 is 4.74 Å². The van der Waals surface area contributed by atoms with Gasteiger partial charge in [-0.2, -0.15) is 0 Å². The van der Waals surface area contributed by atoms with Crippen molar-refractivity contribution in [1.82, 2.24) is 14.3 Å². The fourth-order valence-corrected chi connectivity index (χ4v) is 7.79. The molecule has 3 aliphatic rings. The number of hydrogen-bond donors (Lipinski definition) is 1. The summed E-state index contributed by atoms with van der Waals surface area (Å²) < 4.78 is 13.4. The van der Waals surface area contributed by atoms with Crippen LogP contribution in [0.15, 0.2) is 47.2 Å². The van der Waals surface area contributed by atoms with Crippen molar-refractivity contribution < 1.29 is 14.3 Å². The average Bonchev–Trinajstić information content (AvgIpc) is 3.51. The molecule has 0 radical (unpaired) electrons. The number of likely N-dealkylation sites (tertiary alicyclic amines) is 1. The Morgan fingerprint density at radius 2 is 2.19 bits per heavy atom. The van der Waals surface area contributed by atoms with Crippen LogP contribution in [0.25, 0.3) is 16.4 Å². The molecule has 1 aliphatic heterocycles. The number of piperidine rings is 1. The maximum absolute atomic E-state index is 12.4. The van der Waals surface area contributed by atoms with Crippen molar-refractivity contribution in [3.63, 3.8) is 0 Å². The molecule has 7 rings (SSSR count). The molecule has 0 unspecified atom stereocenters. The number of aliphatic hydroxyl groups is 1. The van der Waals surface area contributed by atoms with Gasteiger partial charge in [0.15, 0.2) is 10.7 Å². The zero-order chi connectivity index (χ0) is 21.7. The average molecular weight is 448 g/mol. The number of furan rings is 1.